The molecule has 19 heavy (non-hydrogen) atoms. The highest BCUT2D eigenvalue weighted by Gasteiger charge is 2.09. The van der Waals surface area contributed by atoms with Crippen molar-refractivity contribution in [3.8, 4) is 0 Å². The van der Waals surface area contributed by atoms with Crippen molar-refractivity contribution in [1.29, 1.82) is 0 Å². The fourth-order valence-electron chi connectivity index (χ4n) is 1.89. The first-order chi connectivity index (χ1) is 8.87. The highest BCUT2D eigenvalue weighted by atomic mass is 19.1. The van der Waals surface area contributed by atoms with Gasteiger partial charge in [0.2, 0.25) is 5.91 Å². The summed E-state index contributed by atoms with van der Waals surface area (Å²) in [6.45, 7) is 7.30. The van der Waals surface area contributed by atoms with E-state index in [4.69, 9.17) is 0 Å². The molecule has 0 heterocycles. The van der Waals surface area contributed by atoms with Crippen LogP contribution in [0.1, 0.15) is 45.6 Å². The molecule has 0 unspecified atom stereocenters. The molecular formula is C16H24FNO. The van der Waals surface area contributed by atoms with E-state index in [1.807, 2.05) is 6.07 Å². The molecule has 0 fully saturated rings. The molecule has 0 spiro atoms. The minimum Gasteiger partial charge on any atom is -0.356 e. The first kappa shape index (κ1) is 15.7. The van der Waals surface area contributed by atoms with Gasteiger partial charge >= 0.3 is 0 Å². The van der Waals surface area contributed by atoms with E-state index in [2.05, 4.69) is 26.1 Å². The van der Waals surface area contributed by atoms with Crippen molar-refractivity contribution in [3.05, 3.63) is 35.6 Å². The maximum absolute atomic E-state index is 13.0. The molecule has 0 aliphatic carbocycles. The molecule has 0 radical (unpaired) electrons. The van der Waals surface area contributed by atoms with Gasteiger partial charge in [-0.05, 0) is 42.4 Å². The van der Waals surface area contributed by atoms with E-state index in [0.717, 1.165) is 24.9 Å². The topological polar surface area (TPSA) is 29.1 Å². The molecule has 1 N–H and O–H groups in total. The largest absolute Gasteiger partial charge is 0.356 e. The molecule has 0 saturated heterocycles. The molecule has 2 nitrogen and oxygen atoms in total. The number of halogens is 1. The molecule has 0 atom stereocenters. The molecular weight excluding hydrogens is 241 g/mol. The van der Waals surface area contributed by atoms with Crippen LogP contribution in [-0.4, -0.2) is 12.5 Å². The number of aryl methyl sites for hydroxylation is 1. The van der Waals surface area contributed by atoms with Crippen molar-refractivity contribution in [3.63, 3.8) is 0 Å². The SMILES string of the molecule is CC(C)(C)CCCNC(=O)CCc1cccc(F)c1. The molecule has 1 aromatic carbocycles. The Bertz CT molecular complexity index is 409. The monoisotopic (exact) mass is 265 g/mol. The van der Waals surface area contributed by atoms with E-state index < -0.39 is 0 Å². The summed E-state index contributed by atoms with van der Waals surface area (Å²) >= 11 is 0. The average molecular weight is 265 g/mol. The van der Waals surface area contributed by atoms with Gasteiger partial charge in [0.15, 0.2) is 0 Å². The van der Waals surface area contributed by atoms with Crippen molar-refractivity contribution in [2.75, 3.05) is 6.54 Å². The zero-order valence-corrected chi connectivity index (χ0v) is 12.1. The lowest BCUT2D eigenvalue weighted by Crippen LogP contribution is -2.25. The molecule has 3 heteroatoms. The fourth-order valence-corrected chi connectivity index (χ4v) is 1.89. The number of amides is 1. The van der Waals surface area contributed by atoms with Crippen LogP contribution in [0.3, 0.4) is 0 Å². The van der Waals surface area contributed by atoms with E-state index in [0.29, 0.717) is 18.3 Å². The van der Waals surface area contributed by atoms with Crippen molar-refractivity contribution in [2.45, 2.75) is 46.5 Å². The molecule has 0 aromatic heterocycles. The molecule has 0 saturated carbocycles. The number of hydrogen-bond donors (Lipinski definition) is 1. The number of nitrogens with one attached hydrogen (secondary N) is 1. The lowest BCUT2D eigenvalue weighted by Gasteiger charge is -2.17. The normalized spacial score (nSPS) is 11.4. The molecule has 0 bridgehead atoms. The van der Waals surface area contributed by atoms with E-state index in [1.54, 1.807) is 6.07 Å². The first-order valence-corrected chi connectivity index (χ1v) is 6.88. The summed E-state index contributed by atoms with van der Waals surface area (Å²) in [7, 11) is 0. The van der Waals surface area contributed by atoms with Crippen LogP contribution in [0, 0.1) is 11.2 Å². The highest BCUT2D eigenvalue weighted by Crippen LogP contribution is 2.19. The summed E-state index contributed by atoms with van der Waals surface area (Å²) in [5.41, 5.74) is 1.18. The predicted molar refractivity (Wildman–Crippen MR) is 76.4 cm³/mol. The van der Waals surface area contributed by atoms with Crippen molar-refractivity contribution < 1.29 is 9.18 Å². The van der Waals surface area contributed by atoms with Crippen molar-refractivity contribution >= 4 is 5.91 Å². The Balaban J connectivity index is 2.18. The second-order valence-corrected chi connectivity index (χ2v) is 6.14. The summed E-state index contributed by atoms with van der Waals surface area (Å²) in [6.07, 6.45) is 3.09. The van der Waals surface area contributed by atoms with Crippen LogP contribution in [0.25, 0.3) is 0 Å². The van der Waals surface area contributed by atoms with Gasteiger partial charge in [0.25, 0.3) is 0 Å². The Kier molecular flexibility index (Phi) is 6.00. The number of carbonyl (C=O) groups excluding carboxylic acids is 1. The number of carbonyl (C=O) groups is 1. The van der Waals surface area contributed by atoms with Crippen LogP contribution in [0.4, 0.5) is 4.39 Å². The quantitative estimate of drug-likeness (QED) is 0.781. The van der Waals surface area contributed by atoms with Gasteiger partial charge in [-0.1, -0.05) is 32.9 Å². The second-order valence-electron chi connectivity index (χ2n) is 6.14. The van der Waals surface area contributed by atoms with Gasteiger partial charge in [0.05, 0.1) is 0 Å². The minimum absolute atomic E-state index is 0.0400. The standard InChI is InChI=1S/C16H24FNO/c1-16(2,3)10-5-11-18-15(19)9-8-13-6-4-7-14(17)12-13/h4,6-7,12H,5,8-11H2,1-3H3,(H,18,19). The Morgan fingerprint density at radius 2 is 2.05 bits per heavy atom. The summed E-state index contributed by atoms with van der Waals surface area (Å²) in [5, 5.41) is 2.91. The van der Waals surface area contributed by atoms with E-state index in [-0.39, 0.29) is 11.7 Å². The van der Waals surface area contributed by atoms with Crippen LogP contribution in [0.15, 0.2) is 24.3 Å². The van der Waals surface area contributed by atoms with Crippen LogP contribution in [0.2, 0.25) is 0 Å². The van der Waals surface area contributed by atoms with Gasteiger partial charge in [-0.3, -0.25) is 4.79 Å². The van der Waals surface area contributed by atoms with Gasteiger partial charge in [-0.25, -0.2) is 4.39 Å². The Hall–Kier alpha value is -1.38. The summed E-state index contributed by atoms with van der Waals surface area (Å²) in [6, 6.07) is 6.41. The van der Waals surface area contributed by atoms with Crippen LogP contribution in [-0.2, 0) is 11.2 Å². The van der Waals surface area contributed by atoms with Gasteiger partial charge in [0.1, 0.15) is 5.82 Å². The minimum atomic E-state index is -0.247. The number of benzene rings is 1. The summed E-state index contributed by atoms with van der Waals surface area (Å²) in [4.78, 5) is 11.6. The van der Waals surface area contributed by atoms with Crippen molar-refractivity contribution in [2.24, 2.45) is 5.41 Å². The Morgan fingerprint density at radius 1 is 1.32 bits per heavy atom. The Labute approximate surface area is 115 Å². The molecule has 0 aliphatic rings. The van der Waals surface area contributed by atoms with Gasteiger partial charge < -0.3 is 5.32 Å². The van der Waals surface area contributed by atoms with Crippen molar-refractivity contribution in [1.82, 2.24) is 5.32 Å². The van der Waals surface area contributed by atoms with Crippen LogP contribution in [0.5, 0.6) is 0 Å². The number of hydrogen-bond acceptors (Lipinski definition) is 1. The van der Waals surface area contributed by atoms with Gasteiger partial charge in [-0.2, -0.15) is 0 Å². The molecule has 1 rings (SSSR count). The van der Waals surface area contributed by atoms with Gasteiger partial charge in [0, 0.05) is 13.0 Å². The lowest BCUT2D eigenvalue weighted by molar-refractivity contribution is -0.121. The smallest absolute Gasteiger partial charge is 0.220 e. The van der Waals surface area contributed by atoms with Gasteiger partial charge in [-0.15, -0.1) is 0 Å². The zero-order chi connectivity index (χ0) is 14.3. The van der Waals surface area contributed by atoms with Crippen LogP contribution >= 0.6 is 0 Å². The fraction of sp³-hybridized carbons (Fsp3) is 0.562. The summed E-state index contributed by atoms with van der Waals surface area (Å²) < 4.78 is 13.0. The molecule has 1 aromatic rings. The van der Waals surface area contributed by atoms with Crippen LogP contribution < -0.4 is 5.32 Å². The molecule has 1 amide bonds. The average Bonchev–Trinajstić information content (AvgIpc) is 2.31. The Morgan fingerprint density at radius 3 is 2.68 bits per heavy atom. The van der Waals surface area contributed by atoms with E-state index in [9.17, 15) is 9.18 Å². The molecule has 0 aliphatic heterocycles. The maximum Gasteiger partial charge on any atom is 0.220 e. The third kappa shape index (κ3) is 7.60. The molecule has 106 valence electrons. The predicted octanol–water partition coefficient (Wildman–Crippen LogP) is 3.70. The lowest BCUT2D eigenvalue weighted by atomic mass is 9.91. The third-order valence-corrected chi connectivity index (χ3v) is 2.96. The highest BCUT2D eigenvalue weighted by molar-refractivity contribution is 5.76. The van der Waals surface area contributed by atoms with E-state index >= 15 is 0 Å². The first-order valence-electron chi connectivity index (χ1n) is 6.88. The third-order valence-electron chi connectivity index (χ3n) is 2.96. The van der Waals surface area contributed by atoms with E-state index in [1.165, 1.54) is 12.1 Å². The number of rotatable bonds is 6. The second kappa shape index (κ2) is 7.27. The summed E-state index contributed by atoms with van der Waals surface area (Å²) in [5.74, 6) is -0.207. The maximum atomic E-state index is 13.0. The zero-order valence-electron chi connectivity index (χ0n) is 12.1.